The molecule has 0 saturated heterocycles. The van der Waals surface area contributed by atoms with Crippen molar-refractivity contribution in [3.63, 3.8) is 0 Å². The Morgan fingerprint density at radius 2 is 2.00 bits per heavy atom. The fourth-order valence-electron chi connectivity index (χ4n) is 1.34. The van der Waals surface area contributed by atoms with E-state index in [1.54, 1.807) is 0 Å². The van der Waals surface area contributed by atoms with Gasteiger partial charge < -0.3 is 10.2 Å². The van der Waals surface area contributed by atoms with Gasteiger partial charge in [0.15, 0.2) is 0 Å². The van der Waals surface area contributed by atoms with Crippen LogP contribution in [0.25, 0.3) is 0 Å². The molecule has 0 radical (unpaired) electrons. The van der Waals surface area contributed by atoms with Crippen molar-refractivity contribution in [2.75, 3.05) is 0 Å². The van der Waals surface area contributed by atoms with E-state index in [1.165, 1.54) is 6.92 Å². The number of hydrogen-bond donors (Lipinski definition) is 1. The molecule has 1 aliphatic rings. The van der Waals surface area contributed by atoms with Gasteiger partial charge in [-0.05, 0) is 19.8 Å². The van der Waals surface area contributed by atoms with E-state index in [1.807, 2.05) is 0 Å². The first-order chi connectivity index (χ1) is 6.33. The Morgan fingerprint density at radius 1 is 1.43 bits per heavy atom. The Balaban J connectivity index is 2.40. The zero-order valence-electron chi connectivity index (χ0n) is 7.48. The van der Waals surface area contributed by atoms with Crippen molar-refractivity contribution in [1.82, 2.24) is 4.98 Å². The first-order valence-electron chi connectivity index (χ1n) is 4.17. The summed E-state index contributed by atoms with van der Waals surface area (Å²) in [6.45, 7) is 1.47. The molecule has 0 bridgehead atoms. The van der Waals surface area contributed by atoms with E-state index in [0.717, 1.165) is 0 Å². The zero-order chi connectivity index (χ0) is 10.6. The van der Waals surface area contributed by atoms with E-state index >= 15 is 0 Å². The van der Waals surface area contributed by atoms with Gasteiger partial charge in [0.1, 0.15) is 5.76 Å². The summed E-state index contributed by atoms with van der Waals surface area (Å²) in [4.78, 5) is 3.32. The Hall–Kier alpha value is -1.04. The van der Waals surface area contributed by atoms with Crippen LogP contribution in [-0.4, -0.2) is 4.98 Å². The Morgan fingerprint density at radius 3 is 2.36 bits per heavy atom. The van der Waals surface area contributed by atoms with Crippen LogP contribution in [0, 0.1) is 6.92 Å². The van der Waals surface area contributed by atoms with Crippen molar-refractivity contribution < 1.29 is 17.6 Å². The molecule has 1 aromatic rings. The second-order valence-corrected chi connectivity index (χ2v) is 3.59. The number of aryl methyl sites for hydroxylation is 1. The minimum atomic E-state index is -4.53. The standard InChI is InChI=1S/C8H9F3N2O/c1-4-5(7(12)2-3-7)14-6(13-4)8(9,10)11/h2-3,12H2,1H3. The number of rotatable bonds is 1. The minimum absolute atomic E-state index is 0.171. The topological polar surface area (TPSA) is 52.0 Å². The van der Waals surface area contributed by atoms with Crippen LogP contribution in [0.4, 0.5) is 13.2 Å². The van der Waals surface area contributed by atoms with Gasteiger partial charge in [-0.15, -0.1) is 0 Å². The average molecular weight is 206 g/mol. The fraction of sp³-hybridized carbons (Fsp3) is 0.625. The molecule has 2 rings (SSSR count). The molecule has 1 aliphatic carbocycles. The van der Waals surface area contributed by atoms with Crippen LogP contribution >= 0.6 is 0 Å². The van der Waals surface area contributed by atoms with Gasteiger partial charge in [-0.25, -0.2) is 4.98 Å². The molecule has 0 spiro atoms. The maximum Gasteiger partial charge on any atom is 0.468 e. The third-order valence-electron chi connectivity index (χ3n) is 2.28. The first-order valence-corrected chi connectivity index (χ1v) is 4.17. The van der Waals surface area contributed by atoms with Crippen LogP contribution in [-0.2, 0) is 11.7 Å². The largest absolute Gasteiger partial charge is 0.468 e. The Bertz CT molecular complexity index is 365. The second-order valence-electron chi connectivity index (χ2n) is 3.59. The van der Waals surface area contributed by atoms with Gasteiger partial charge in [0.2, 0.25) is 0 Å². The van der Waals surface area contributed by atoms with Crippen LogP contribution in [0.2, 0.25) is 0 Å². The molecule has 1 aromatic heterocycles. The van der Waals surface area contributed by atoms with Crippen LogP contribution in [0.15, 0.2) is 4.42 Å². The van der Waals surface area contributed by atoms with Crippen molar-refractivity contribution in [2.45, 2.75) is 31.5 Å². The third-order valence-corrected chi connectivity index (χ3v) is 2.28. The van der Waals surface area contributed by atoms with E-state index in [9.17, 15) is 13.2 Å². The summed E-state index contributed by atoms with van der Waals surface area (Å²) in [6.07, 6.45) is -3.23. The third kappa shape index (κ3) is 1.39. The number of nitrogens with two attached hydrogens (primary N) is 1. The highest BCUT2D eigenvalue weighted by atomic mass is 19.4. The molecule has 0 aromatic carbocycles. The highest BCUT2D eigenvalue weighted by Gasteiger charge is 2.47. The van der Waals surface area contributed by atoms with Gasteiger partial charge in [-0.2, -0.15) is 13.2 Å². The van der Waals surface area contributed by atoms with E-state index in [0.29, 0.717) is 12.8 Å². The Labute approximate surface area is 78.1 Å². The number of alkyl halides is 3. The fourth-order valence-corrected chi connectivity index (χ4v) is 1.34. The van der Waals surface area contributed by atoms with E-state index in [-0.39, 0.29) is 11.5 Å². The molecular formula is C8H9F3N2O. The highest BCUT2D eigenvalue weighted by Crippen LogP contribution is 2.45. The van der Waals surface area contributed by atoms with Gasteiger partial charge in [0, 0.05) is 0 Å². The van der Waals surface area contributed by atoms with E-state index < -0.39 is 17.6 Å². The molecule has 1 fully saturated rings. The summed E-state index contributed by atoms with van der Waals surface area (Å²) in [6, 6.07) is 0. The smallest absolute Gasteiger partial charge is 0.436 e. The molecule has 3 nitrogen and oxygen atoms in total. The molecule has 14 heavy (non-hydrogen) atoms. The second kappa shape index (κ2) is 2.50. The van der Waals surface area contributed by atoms with Gasteiger partial charge >= 0.3 is 12.1 Å². The monoisotopic (exact) mass is 206 g/mol. The van der Waals surface area contributed by atoms with Crippen LogP contribution in [0.3, 0.4) is 0 Å². The van der Waals surface area contributed by atoms with Gasteiger partial charge in [-0.3, -0.25) is 0 Å². The minimum Gasteiger partial charge on any atom is -0.436 e. The van der Waals surface area contributed by atoms with Gasteiger partial charge in [0.05, 0.1) is 11.2 Å². The van der Waals surface area contributed by atoms with Crippen LogP contribution in [0.1, 0.15) is 30.2 Å². The molecule has 0 amide bonds. The number of hydrogen-bond acceptors (Lipinski definition) is 3. The molecule has 0 unspecified atom stereocenters. The number of nitrogens with zero attached hydrogens (tertiary/aromatic N) is 1. The van der Waals surface area contributed by atoms with E-state index in [4.69, 9.17) is 5.73 Å². The van der Waals surface area contributed by atoms with Crippen LogP contribution in [0.5, 0.6) is 0 Å². The number of oxazole rings is 1. The summed E-state index contributed by atoms with van der Waals surface area (Å²) in [5, 5.41) is 0. The zero-order valence-corrected chi connectivity index (χ0v) is 7.48. The molecule has 2 N–H and O–H groups in total. The maximum absolute atomic E-state index is 12.2. The van der Waals surface area contributed by atoms with Crippen molar-refractivity contribution in [2.24, 2.45) is 5.73 Å². The summed E-state index contributed by atoms with van der Waals surface area (Å²) < 4.78 is 41.2. The lowest BCUT2D eigenvalue weighted by Gasteiger charge is -2.04. The predicted molar refractivity (Wildman–Crippen MR) is 41.3 cm³/mol. The first kappa shape index (κ1) is 9.51. The molecule has 6 heteroatoms. The van der Waals surface area contributed by atoms with Crippen molar-refractivity contribution in [3.05, 3.63) is 17.3 Å². The van der Waals surface area contributed by atoms with Crippen LogP contribution < -0.4 is 5.73 Å². The lowest BCUT2D eigenvalue weighted by Crippen LogP contribution is -2.18. The highest BCUT2D eigenvalue weighted by molar-refractivity contribution is 5.24. The van der Waals surface area contributed by atoms with Gasteiger partial charge in [-0.1, -0.05) is 0 Å². The summed E-state index contributed by atoms with van der Waals surface area (Å²) in [7, 11) is 0. The molecular weight excluding hydrogens is 197 g/mol. The number of halogens is 3. The van der Waals surface area contributed by atoms with E-state index in [2.05, 4.69) is 9.40 Å². The van der Waals surface area contributed by atoms with Crippen molar-refractivity contribution in [1.29, 1.82) is 0 Å². The average Bonchev–Trinajstić information content (AvgIpc) is 2.60. The van der Waals surface area contributed by atoms with Crippen molar-refractivity contribution in [3.8, 4) is 0 Å². The molecule has 78 valence electrons. The normalized spacial score (nSPS) is 19.8. The number of aromatic nitrogens is 1. The van der Waals surface area contributed by atoms with Gasteiger partial charge in [0.25, 0.3) is 0 Å². The predicted octanol–water partition coefficient (Wildman–Crippen LogP) is 1.95. The SMILES string of the molecule is Cc1nc(C(F)(F)F)oc1C1(N)CC1. The molecule has 0 aliphatic heterocycles. The lowest BCUT2D eigenvalue weighted by atomic mass is 10.2. The molecule has 1 saturated carbocycles. The summed E-state index contributed by atoms with van der Waals surface area (Å²) >= 11 is 0. The quantitative estimate of drug-likeness (QED) is 0.764. The summed E-state index contributed by atoms with van der Waals surface area (Å²) in [5.74, 6) is -1.04. The lowest BCUT2D eigenvalue weighted by molar-refractivity contribution is -0.157. The maximum atomic E-state index is 12.2. The molecule has 1 heterocycles. The molecule has 0 atom stereocenters. The summed E-state index contributed by atoms with van der Waals surface area (Å²) in [5.41, 5.74) is 5.25. The van der Waals surface area contributed by atoms with Crippen molar-refractivity contribution >= 4 is 0 Å². The Kier molecular flexibility index (Phi) is 1.70.